The van der Waals surface area contributed by atoms with Crippen LogP contribution in [-0.4, -0.2) is 37.5 Å². The molecular weight excluding hydrogens is 248 g/mol. The summed E-state index contributed by atoms with van der Waals surface area (Å²) in [5.41, 5.74) is 1.25. The van der Waals surface area contributed by atoms with Crippen LogP contribution in [0.5, 0.6) is 0 Å². The molecule has 0 saturated carbocycles. The molecule has 0 bridgehead atoms. The van der Waals surface area contributed by atoms with E-state index in [1.54, 1.807) is 11.3 Å². The largest absolute Gasteiger partial charge is 0.376 e. The minimum Gasteiger partial charge on any atom is -0.376 e. The van der Waals surface area contributed by atoms with Gasteiger partial charge in [0.15, 0.2) is 0 Å². The lowest BCUT2D eigenvalue weighted by Gasteiger charge is -2.22. The fourth-order valence-corrected chi connectivity index (χ4v) is 2.66. The lowest BCUT2D eigenvalue weighted by Crippen LogP contribution is -2.37. The van der Waals surface area contributed by atoms with Gasteiger partial charge in [0.2, 0.25) is 0 Å². The van der Waals surface area contributed by atoms with Crippen molar-refractivity contribution in [2.45, 2.75) is 38.8 Å². The van der Waals surface area contributed by atoms with Crippen molar-refractivity contribution in [2.75, 3.05) is 26.4 Å². The maximum atomic E-state index is 5.57. The Kier molecular flexibility index (Phi) is 4.72. The number of aromatic nitrogens is 1. The molecule has 0 radical (unpaired) electrons. The minimum absolute atomic E-state index is 0.142. The molecule has 1 aromatic heterocycles. The van der Waals surface area contributed by atoms with Crippen LogP contribution >= 0.6 is 11.3 Å². The molecule has 18 heavy (non-hydrogen) atoms. The number of nitrogens with zero attached hydrogens (tertiary/aromatic N) is 1. The van der Waals surface area contributed by atoms with Crippen LogP contribution in [0.25, 0.3) is 0 Å². The van der Waals surface area contributed by atoms with Crippen LogP contribution in [-0.2, 0) is 21.4 Å². The minimum atomic E-state index is 0.142. The van der Waals surface area contributed by atoms with Gasteiger partial charge in [-0.15, -0.1) is 11.3 Å². The number of rotatable bonds is 4. The summed E-state index contributed by atoms with van der Waals surface area (Å²) >= 11 is 1.74. The molecule has 5 heteroatoms. The normalized spacial score (nSPS) is 21.2. The number of thiazole rings is 1. The van der Waals surface area contributed by atoms with Crippen molar-refractivity contribution in [3.05, 3.63) is 16.1 Å². The van der Waals surface area contributed by atoms with Crippen molar-refractivity contribution in [3.8, 4) is 0 Å². The Labute approximate surface area is 113 Å². The lowest BCUT2D eigenvalue weighted by molar-refractivity contribution is -0.0864. The molecule has 2 rings (SSSR count). The topological polar surface area (TPSA) is 43.4 Å². The maximum absolute atomic E-state index is 5.57. The third kappa shape index (κ3) is 4.02. The van der Waals surface area contributed by atoms with Gasteiger partial charge in [-0.2, -0.15) is 0 Å². The summed E-state index contributed by atoms with van der Waals surface area (Å²) in [5, 5.41) is 6.70. The quantitative estimate of drug-likeness (QED) is 0.908. The van der Waals surface area contributed by atoms with Gasteiger partial charge < -0.3 is 14.8 Å². The Morgan fingerprint density at radius 1 is 1.44 bits per heavy atom. The van der Waals surface area contributed by atoms with Crippen LogP contribution in [0.15, 0.2) is 5.38 Å². The molecule has 1 N–H and O–H groups in total. The van der Waals surface area contributed by atoms with E-state index in [4.69, 9.17) is 9.47 Å². The smallest absolute Gasteiger partial charge is 0.0982 e. The Hall–Kier alpha value is -0.490. The van der Waals surface area contributed by atoms with Crippen molar-refractivity contribution >= 4 is 11.3 Å². The van der Waals surface area contributed by atoms with Crippen molar-refractivity contribution in [1.82, 2.24) is 10.3 Å². The van der Waals surface area contributed by atoms with Gasteiger partial charge in [0.25, 0.3) is 0 Å². The van der Waals surface area contributed by atoms with Crippen LogP contribution in [0.2, 0.25) is 0 Å². The molecule has 102 valence electrons. The van der Waals surface area contributed by atoms with Crippen LogP contribution in [0.1, 0.15) is 31.5 Å². The van der Waals surface area contributed by atoms with Gasteiger partial charge in [-0.25, -0.2) is 4.98 Å². The van der Waals surface area contributed by atoms with E-state index < -0.39 is 0 Å². The van der Waals surface area contributed by atoms with E-state index in [0.717, 1.165) is 25.4 Å². The molecule has 0 aliphatic carbocycles. The Bertz CT molecular complexity index is 367. The van der Waals surface area contributed by atoms with Gasteiger partial charge in [0.05, 0.1) is 36.6 Å². The summed E-state index contributed by atoms with van der Waals surface area (Å²) in [7, 11) is 0. The van der Waals surface area contributed by atoms with Gasteiger partial charge >= 0.3 is 0 Å². The van der Waals surface area contributed by atoms with E-state index >= 15 is 0 Å². The van der Waals surface area contributed by atoms with Crippen LogP contribution < -0.4 is 5.32 Å². The predicted octanol–water partition coefficient (Wildman–Crippen LogP) is 1.95. The van der Waals surface area contributed by atoms with Gasteiger partial charge in [-0.3, -0.25) is 0 Å². The number of ether oxygens (including phenoxy) is 2. The van der Waals surface area contributed by atoms with Crippen LogP contribution in [0.4, 0.5) is 0 Å². The Balaban J connectivity index is 1.74. The molecule has 4 nitrogen and oxygen atoms in total. The van der Waals surface area contributed by atoms with E-state index in [1.165, 1.54) is 5.01 Å². The highest BCUT2D eigenvalue weighted by Crippen LogP contribution is 2.25. The van der Waals surface area contributed by atoms with E-state index in [2.05, 4.69) is 36.5 Å². The standard InChI is InChI=1S/C13H22N2O2S/c1-13(2,3)12-15-10(9-18-12)6-14-7-11-8-16-4-5-17-11/h9,11,14H,4-8H2,1-3H3. The van der Waals surface area contributed by atoms with E-state index in [-0.39, 0.29) is 11.5 Å². The second-order valence-corrected chi connectivity index (χ2v) is 6.45. The zero-order valence-electron chi connectivity index (χ0n) is 11.4. The molecule has 1 aromatic rings. The summed E-state index contributed by atoms with van der Waals surface area (Å²) in [6, 6.07) is 0. The summed E-state index contributed by atoms with van der Waals surface area (Å²) in [4.78, 5) is 4.65. The second kappa shape index (κ2) is 6.10. The first-order valence-electron chi connectivity index (χ1n) is 6.40. The van der Waals surface area contributed by atoms with Gasteiger partial charge in [-0.05, 0) is 0 Å². The lowest BCUT2D eigenvalue weighted by atomic mass is 9.98. The highest BCUT2D eigenvalue weighted by Gasteiger charge is 2.18. The fourth-order valence-electron chi connectivity index (χ4n) is 1.75. The zero-order chi connectivity index (χ0) is 13.0. The molecule has 1 saturated heterocycles. The molecule has 1 aliphatic heterocycles. The number of hydrogen-bond acceptors (Lipinski definition) is 5. The first-order valence-corrected chi connectivity index (χ1v) is 7.28. The van der Waals surface area contributed by atoms with Crippen molar-refractivity contribution in [3.63, 3.8) is 0 Å². The highest BCUT2D eigenvalue weighted by molar-refractivity contribution is 7.09. The molecule has 1 fully saturated rings. The average molecular weight is 270 g/mol. The van der Waals surface area contributed by atoms with Gasteiger partial charge in [0.1, 0.15) is 0 Å². The average Bonchev–Trinajstić information content (AvgIpc) is 2.79. The monoisotopic (exact) mass is 270 g/mol. The van der Waals surface area contributed by atoms with Gasteiger partial charge in [-0.1, -0.05) is 20.8 Å². The SMILES string of the molecule is CC(C)(C)c1nc(CNCC2COCCO2)cs1. The summed E-state index contributed by atoms with van der Waals surface area (Å²) in [5.74, 6) is 0. The molecule has 2 heterocycles. The van der Waals surface area contributed by atoms with Gasteiger partial charge in [0, 0.05) is 23.9 Å². The third-order valence-electron chi connectivity index (χ3n) is 2.76. The maximum Gasteiger partial charge on any atom is 0.0982 e. The van der Waals surface area contributed by atoms with E-state index in [0.29, 0.717) is 13.2 Å². The van der Waals surface area contributed by atoms with E-state index in [9.17, 15) is 0 Å². The first-order chi connectivity index (χ1) is 8.55. The number of hydrogen-bond donors (Lipinski definition) is 1. The van der Waals surface area contributed by atoms with E-state index in [1.807, 2.05) is 0 Å². The Morgan fingerprint density at radius 3 is 2.89 bits per heavy atom. The predicted molar refractivity (Wildman–Crippen MR) is 73.1 cm³/mol. The van der Waals surface area contributed by atoms with Crippen molar-refractivity contribution in [2.24, 2.45) is 0 Å². The zero-order valence-corrected chi connectivity index (χ0v) is 12.2. The molecule has 1 aliphatic rings. The van der Waals surface area contributed by atoms with Crippen LogP contribution in [0.3, 0.4) is 0 Å². The molecule has 1 unspecified atom stereocenters. The fraction of sp³-hybridized carbons (Fsp3) is 0.769. The first kappa shape index (κ1) is 13.9. The summed E-state index contributed by atoms with van der Waals surface area (Å²) in [6.07, 6.45) is 0.180. The molecule has 0 aromatic carbocycles. The summed E-state index contributed by atoms with van der Waals surface area (Å²) in [6.45, 7) is 10.3. The third-order valence-corrected chi connectivity index (χ3v) is 4.07. The van der Waals surface area contributed by atoms with Crippen molar-refractivity contribution < 1.29 is 9.47 Å². The molecule has 1 atom stereocenters. The highest BCUT2D eigenvalue weighted by atomic mass is 32.1. The molecular formula is C13H22N2O2S. The van der Waals surface area contributed by atoms with Crippen LogP contribution in [0, 0.1) is 0 Å². The van der Waals surface area contributed by atoms with Crippen molar-refractivity contribution in [1.29, 1.82) is 0 Å². The second-order valence-electron chi connectivity index (χ2n) is 5.59. The number of nitrogens with one attached hydrogen (secondary N) is 1. The molecule has 0 spiro atoms. The molecule has 0 amide bonds. The Morgan fingerprint density at radius 2 is 2.28 bits per heavy atom. The summed E-state index contributed by atoms with van der Waals surface area (Å²) < 4.78 is 10.9.